The van der Waals surface area contributed by atoms with Crippen molar-refractivity contribution in [1.82, 2.24) is 0 Å². The predicted octanol–water partition coefficient (Wildman–Crippen LogP) is 2.84. The summed E-state index contributed by atoms with van der Waals surface area (Å²) in [5.74, 6) is -2.28. The van der Waals surface area contributed by atoms with Gasteiger partial charge in [0.1, 0.15) is 5.82 Å². The van der Waals surface area contributed by atoms with E-state index >= 15 is 0 Å². The Balaban J connectivity index is 3.49. The topological polar surface area (TPSA) is 57.5 Å². The van der Waals surface area contributed by atoms with Crippen LogP contribution in [0.25, 0.3) is 0 Å². The third-order valence-electron chi connectivity index (χ3n) is 1.91. The summed E-state index contributed by atoms with van der Waals surface area (Å²) in [7, 11) is 0. The fourth-order valence-electron chi connectivity index (χ4n) is 1.17. The van der Waals surface area contributed by atoms with Crippen LogP contribution in [0.1, 0.15) is 21.5 Å². The molecule has 0 fully saturated rings. The minimum atomic E-state index is -2.00. The molecule has 0 saturated heterocycles. The van der Waals surface area contributed by atoms with E-state index in [9.17, 15) is 9.18 Å². The Hall–Kier alpha value is -0.550. The van der Waals surface area contributed by atoms with E-state index in [2.05, 4.69) is 0 Å². The lowest BCUT2D eigenvalue weighted by Gasteiger charge is -2.16. The zero-order valence-corrected chi connectivity index (χ0v) is 9.94. The fourth-order valence-corrected chi connectivity index (χ4v) is 1.68. The van der Waals surface area contributed by atoms with Crippen molar-refractivity contribution >= 4 is 40.8 Å². The molecule has 0 aliphatic rings. The Morgan fingerprint density at radius 3 is 2.31 bits per heavy atom. The average Bonchev–Trinajstić information content (AvgIpc) is 2.14. The lowest BCUT2D eigenvalue weighted by molar-refractivity contribution is 0.0696. The van der Waals surface area contributed by atoms with Gasteiger partial charge in [-0.1, -0.05) is 34.8 Å². The Bertz CT molecular complexity index is 429. The lowest BCUT2D eigenvalue weighted by Crippen LogP contribution is -2.11. The van der Waals surface area contributed by atoms with Gasteiger partial charge >= 0.3 is 5.97 Å². The molecule has 0 aromatic heterocycles. The van der Waals surface area contributed by atoms with Crippen molar-refractivity contribution in [2.75, 3.05) is 0 Å². The molecule has 0 bridgehead atoms. The summed E-state index contributed by atoms with van der Waals surface area (Å²) in [6.45, 7) is -0.686. The molecule has 7 heteroatoms. The van der Waals surface area contributed by atoms with E-state index in [1.807, 2.05) is 0 Å². The van der Waals surface area contributed by atoms with Gasteiger partial charge in [0.15, 0.2) is 0 Å². The normalized spacial score (nSPS) is 11.6. The minimum absolute atomic E-state index is 0.183. The number of hydrogen-bond donors (Lipinski definition) is 2. The van der Waals surface area contributed by atoms with Crippen molar-refractivity contribution in [3.8, 4) is 0 Å². The molecule has 0 aliphatic heterocycles. The van der Waals surface area contributed by atoms with Crippen LogP contribution < -0.4 is 0 Å². The standard InChI is InChI=1S/C9H6Cl3FO3/c10-9(11,12)6-1-4(8(15)16)2-7(13)5(6)3-14/h1-2,14H,3H2,(H,15,16). The van der Waals surface area contributed by atoms with Crippen molar-refractivity contribution < 1.29 is 19.4 Å². The van der Waals surface area contributed by atoms with Gasteiger partial charge in [0.2, 0.25) is 3.79 Å². The smallest absolute Gasteiger partial charge is 0.335 e. The third-order valence-corrected chi connectivity index (χ3v) is 2.52. The maximum absolute atomic E-state index is 13.4. The van der Waals surface area contributed by atoms with Gasteiger partial charge in [0, 0.05) is 11.1 Å². The summed E-state index contributed by atoms with van der Waals surface area (Å²) in [4.78, 5) is 10.7. The van der Waals surface area contributed by atoms with Crippen LogP contribution in [0.5, 0.6) is 0 Å². The van der Waals surface area contributed by atoms with Crippen molar-refractivity contribution in [3.63, 3.8) is 0 Å². The zero-order valence-electron chi connectivity index (χ0n) is 7.68. The Morgan fingerprint density at radius 2 is 1.94 bits per heavy atom. The lowest BCUT2D eigenvalue weighted by atomic mass is 10.0. The SMILES string of the molecule is O=C(O)c1cc(F)c(CO)c(C(Cl)(Cl)Cl)c1. The highest BCUT2D eigenvalue weighted by molar-refractivity contribution is 6.66. The number of alkyl halides is 3. The summed E-state index contributed by atoms with van der Waals surface area (Å²) < 4.78 is 11.4. The fraction of sp³-hybridized carbons (Fsp3) is 0.222. The summed E-state index contributed by atoms with van der Waals surface area (Å²) in [5, 5.41) is 17.6. The van der Waals surface area contributed by atoms with Crippen molar-refractivity contribution in [2.24, 2.45) is 0 Å². The molecule has 0 amide bonds. The molecule has 0 unspecified atom stereocenters. The van der Waals surface area contributed by atoms with Crippen LogP contribution in [-0.4, -0.2) is 16.2 Å². The number of hydrogen-bond acceptors (Lipinski definition) is 2. The number of aromatic carboxylic acids is 1. The van der Waals surface area contributed by atoms with Gasteiger partial charge < -0.3 is 10.2 Å². The molecule has 1 rings (SSSR count). The zero-order chi connectivity index (χ0) is 12.5. The number of aliphatic hydroxyl groups is 1. The van der Waals surface area contributed by atoms with Gasteiger partial charge in [-0.25, -0.2) is 9.18 Å². The van der Waals surface area contributed by atoms with E-state index in [0.29, 0.717) is 0 Å². The van der Waals surface area contributed by atoms with Gasteiger partial charge in [-0.05, 0) is 12.1 Å². The molecule has 3 nitrogen and oxygen atoms in total. The Labute approximate surface area is 105 Å². The molecule has 1 aromatic carbocycles. The number of halogens is 4. The third kappa shape index (κ3) is 2.77. The second-order valence-electron chi connectivity index (χ2n) is 2.95. The van der Waals surface area contributed by atoms with Crippen LogP contribution in [-0.2, 0) is 10.4 Å². The van der Waals surface area contributed by atoms with Crippen LogP contribution in [0.2, 0.25) is 0 Å². The maximum atomic E-state index is 13.4. The number of rotatable bonds is 2. The molecule has 0 heterocycles. The molecule has 0 atom stereocenters. The molecule has 1 aromatic rings. The number of carboxylic acid groups (broad SMARTS) is 1. The maximum Gasteiger partial charge on any atom is 0.335 e. The first-order chi connectivity index (χ1) is 7.27. The van der Waals surface area contributed by atoms with E-state index in [4.69, 9.17) is 45.0 Å². The van der Waals surface area contributed by atoms with Gasteiger partial charge in [-0.2, -0.15) is 0 Å². The first-order valence-corrected chi connectivity index (χ1v) is 5.14. The average molecular weight is 288 g/mol. The van der Waals surface area contributed by atoms with E-state index in [-0.39, 0.29) is 16.7 Å². The van der Waals surface area contributed by atoms with Crippen LogP contribution in [0.4, 0.5) is 4.39 Å². The predicted molar refractivity (Wildman–Crippen MR) is 58.5 cm³/mol. The molecule has 0 saturated carbocycles. The van der Waals surface area contributed by atoms with Crippen LogP contribution in [0, 0.1) is 5.82 Å². The number of carbonyl (C=O) groups is 1. The number of benzene rings is 1. The molecule has 0 radical (unpaired) electrons. The first-order valence-electron chi connectivity index (χ1n) is 4.01. The van der Waals surface area contributed by atoms with E-state index < -0.39 is 22.2 Å². The Morgan fingerprint density at radius 1 is 1.38 bits per heavy atom. The van der Waals surface area contributed by atoms with E-state index in [1.54, 1.807) is 0 Å². The summed E-state index contributed by atoms with van der Waals surface area (Å²) in [6, 6.07) is 1.78. The second kappa shape index (κ2) is 4.75. The molecular weight excluding hydrogens is 281 g/mol. The molecule has 88 valence electrons. The highest BCUT2D eigenvalue weighted by atomic mass is 35.6. The van der Waals surface area contributed by atoms with E-state index in [1.165, 1.54) is 0 Å². The molecule has 0 aliphatic carbocycles. The van der Waals surface area contributed by atoms with Gasteiger partial charge in [-0.3, -0.25) is 0 Å². The number of aliphatic hydroxyl groups excluding tert-OH is 1. The van der Waals surface area contributed by atoms with Crippen molar-refractivity contribution in [3.05, 3.63) is 34.6 Å². The van der Waals surface area contributed by atoms with E-state index in [0.717, 1.165) is 12.1 Å². The molecule has 16 heavy (non-hydrogen) atoms. The van der Waals surface area contributed by atoms with Crippen LogP contribution in [0.15, 0.2) is 12.1 Å². The Kier molecular flexibility index (Phi) is 4.02. The first kappa shape index (κ1) is 13.5. The minimum Gasteiger partial charge on any atom is -0.478 e. The summed E-state index contributed by atoms with van der Waals surface area (Å²) >= 11 is 16.7. The largest absolute Gasteiger partial charge is 0.478 e. The summed E-state index contributed by atoms with van der Waals surface area (Å²) in [6.07, 6.45) is 0. The monoisotopic (exact) mass is 286 g/mol. The van der Waals surface area contributed by atoms with Gasteiger partial charge in [0.05, 0.1) is 12.2 Å². The quantitative estimate of drug-likeness (QED) is 0.822. The van der Waals surface area contributed by atoms with Crippen LogP contribution >= 0.6 is 34.8 Å². The van der Waals surface area contributed by atoms with Crippen molar-refractivity contribution in [1.29, 1.82) is 0 Å². The molecule has 2 N–H and O–H groups in total. The van der Waals surface area contributed by atoms with Gasteiger partial charge in [-0.15, -0.1) is 0 Å². The van der Waals surface area contributed by atoms with Crippen LogP contribution in [0.3, 0.4) is 0 Å². The number of carboxylic acids is 1. The molecule has 0 spiro atoms. The highest BCUT2D eigenvalue weighted by Crippen LogP contribution is 2.41. The van der Waals surface area contributed by atoms with Gasteiger partial charge in [0.25, 0.3) is 0 Å². The molecular formula is C9H6Cl3FO3. The second-order valence-corrected chi connectivity index (χ2v) is 5.23. The van der Waals surface area contributed by atoms with Crippen molar-refractivity contribution in [2.45, 2.75) is 10.4 Å². The summed E-state index contributed by atoms with van der Waals surface area (Å²) in [5.41, 5.74) is -0.765. The highest BCUT2D eigenvalue weighted by Gasteiger charge is 2.29.